The van der Waals surface area contributed by atoms with E-state index in [2.05, 4.69) is 34.7 Å². The molecule has 1 aliphatic carbocycles. The van der Waals surface area contributed by atoms with Crippen molar-refractivity contribution < 1.29 is 0 Å². The number of aromatic amines is 1. The van der Waals surface area contributed by atoms with E-state index in [0.717, 1.165) is 31.8 Å². The van der Waals surface area contributed by atoms with Gasteiger partial charge in [-0.05, 0) is 55.5 Å². The molecule has 0 saturated carbocycles. The van der Waals surface area contributed by atoms with Crippen LogP contribution in [0.15, 0.2) is 24.4 Å². The molecule has 0 bridgehead atoms. The number of hydrogen-bond donors (Lipinski definition) is 3. The van der Waals surface area contributed by atoms with Crippen LogP contribution in [0.2, 0.25) is 0 Å². The highest BCUT2D eigenvalue weighted by Crippen LogP contribution is 2.42. The Morgan fingerprint density at radius 1 is 1.32 bits per heavy atom. The van der Waals surface area contributed by atoms with Crippen molar-refractivity contribution >= 4 is 10.9 Å². The molecule has 100 valence electrons. The number of rotatable bonds is 2. The molecule has 3 atom stereocenters. The summed E-state index contributed by atoms with van der Waals surface area (Å²) in [6.45, 7) is 1.94. The number of benzene rings is 1. The van der Waals surface area contributed by atoms with Crippen LogP contribution in [0.1, 0.15) is 29.9 Å². The van der Waals surface area contributed by atoms with E-state index < -0.39 is 0 Å². The van der Waals surface area contributed by atoms with E-state index in [1.807, 2.05) is 0 Å². The molecule has 0 radical (unpaired) electrons. The number of fused-ring (bicyclic) bond motifs is 2. The first-order valence-corrected chi connectivity index (χ1v) is 7.39. The van der Waals surface area contributed by atoms with Crippen molar-refractivity contribution in [2.24, 2.45) is 11.7 Å². The largest absolute Gasteiger partial charge is 0.361 e. The molecule has 3 heteroatoms. The van der Waals surface area contributed by atoms with E-state index in [9.17, 15) is 0 Å². The smallest absolute Gasteiger partial charge is 0.0459 e. The summed E-state index contributed by atoms with van der Waals surface area (Å²) < 4.78 is 0. The van der Waals surface area contributed by atoms with Gasteiger partial charge in [0.05, 0.1) is 0 Å². The zero-order chi connectivity index (χ0) is 12.8. The second-order valence-corrected chi connectivity index (χ2v) is 6.09. The van der Waals surface area contributed by atoms with Crippen molar-refractivity contribution in [3.05, 3.63) is 35.5 Å². The molecule has 2 aliphatic rings. The van der Waals surface area contributed by atoms with Crippen LogP contribution in [-0.4, -0.2) is 24.1 Å². The third-order valence-corrected chi connectivity index (χ3v) is 4.98. The lowest BCUT2D eigenvalue weighted by molar-refractivity contribution is 0.260. The van der Waals surface area contributed by atoms with Gasteiger partial charge in [-0.1, -0.05) is 12.1 Å². The lowest BCUT2D eigenvalue weighted by Crippen LogP contribution is -2.47. The summed E-state index contributed by atoms with van der Waals surface area (Å²) in [6, 6.07) is 7.31. The maximum Gasteiger partial charge on any atom is 0.0459 e. The Hall–Kier alpha value is -1.32. The second-order valence-electron chi connectivity index (χ2n) is 6.09. The molecule has 1 aromatic carbocycles. The van der Waals surface area contributed by atoms with Gasteiger partial charge in [-0.3, -0.25) is 0 Å². The molecule has 2 heterocycles. The summed E-state index contributed by atoms with van der Waals surface area (Å²) in [5.41, 5.74) is 10.1. The number of aromatic nitrogens is 1. The molecular weight excluding hydrogens is 234 g/mol. The first-order valence-electron chi connectivity index (χ1n) is 7.39. The predicted molar refractivity (Wildman–Crippen MR) is 78.3 cm³/mol. The molecule has 3 nitrogen and oxygen atoms in total. The van der Waals surface area contributed by atoms with Crippen LogP contribution < -0.4 is 11.1 Å². The van der Waals surface area contributed by atoms with Crippen molar-refractivity contribution in [3.63, 3.8) is 0 Å². The van der Waals surface area contributed by atoms with Crippen molar-refractivity contribution in [1.29, 1.82) is 0 Å². The number of piperidine rings is 1. The molecule has 0 spiro atoms. The first kappa shape index (κ1) is 11.5. The minimum absolute atomic E-state index is 0.614. The Kier molecular flexibility index (Phi) is 2.64. The highest BCUT2D eigenvalue weighted by molar-refractivity contribution is 5.88. The lowest BCUT2D eigenvalue weighted by Gasteiger charge is -2.40. The normalized spacial score (nSPS) is 29.4. The molecule has 1 fully saturated rings. The molecular formula is C16H21N3. The van der Waals surface area contributed by atoms with Gasteiger partial charge >= 0.3 is 0 Å². The molecule has 0 amide bonds. The zero-order valence-corrected chi connectivity index (χ0v) is 11.2. The average molecular weight is 255 g/mol. The summed E-state index contributed by atoms with van der Waals surface area (Å²) in [4.78, 5) is 3.42. The maximum absolute atomic E-state index is 5.73. The van der Waals surface area contributed by atoms with E-state index in [4.69, 9.17) is 5.73 Å². The summed E-state index contributed by atoms with van der Waals surface area (Å²) in [5.74, 6) is 1.40. The Labute approximate surface area is 113 Å². The van der Waals surface area contributed by atoms with Gasteiger partial charge in [-0.15, -0.1) is 0 Å². The Morgan fingerprint density at radius 3 is 3.16 bits per heavy atom. The summed E-state index contributed by atoms with van der Waals surface area (Å²) in [7, 11) is 0. The minimum Gasteiger partial charge on any atom is -0.361 e. The fraction of sp³-hybridized carbons (Fsp3) is 0.500. The number of nitrogens with two attached hydrogens (primary N) is 1. The van der Waals surface area contributed by atoms with Crippen molar-refractivity contribution in [2.75, 3.05) is 13.1 Å². The van der Waals surface area contributed by atoms with Crippen LogP contribution in [0, 0.1) is 5.92 Å². The van der Waals surface area contributed by atoms with E-state index in [1.54, 1.807) is 5.56 Å². The van der Waals surface area contributed by atoms with Crippen molar-refractivity contribution in [2.45, 2.75) is 31.2 Å². The summed E-state index contributed by atoms with van der Waals surface area (Å²) >= 11 is 0. The molecule has 1 unspecified atom stereocenters. The van der Waals surface area contributed by atoms with Crippen molar-refractivity contribution in [1.82, 2.24) is 10.3 Å². The van der Waals surface area contributed by atoms with E-state index in [-0.39, 0.29) is 0 Å². The number of H-pyrrole nitrogens is 1. The fourth-order valence-electron chi connectivity index (χ4n) is 4.07. The lowest BCUT2D eigenvalue weighted by atomic mass is 9.73. The standard InChI is InChI=1S/C16H21N3/c17-5-4-10-6-13-12-2-1-3-14-16(12)11(9-19-14)7-15(13)18-8-10/h1-3,9-10,13,15,18-19H,4-8,17H2/t10-,13?,15-/m1/s1. The molecule has 19 heavy (non-hydrogen) atoms. The van der Waals surface area contributed by atoms with Crippen LogP contribution in [0.25, 0.3) is 10.9 Å². The highest BCUT2D eigenvalue weighted by atomic mass is 14.9. The average Bonchev–Trinajstić information content (AvgIpc) is 2.85. The van der Waals surface area contributed by atoms with Crippen LogP contribution >= 0.6 is 0 Å². The van der Waals surface area contributed by atoms with Gasteiger partial charge in [0.2, 0.25) is 0 Å². The SMILES string of the molecule is NCC[C@H]1CN[C@@H]2Cc3c[nH]c4cccc(c34)C2C1. The number of hydrogen-bond acceptors (Lipinski definition) is 2. The molecule has 4 N–H and O–H groups in total. The van der Waals surface area contributed by atoms with E-state index in [0.29, 0.717) is 12.0 Å². The van der Waals surface area contributed by atoms with Gasteiger partial charge in [-0.25, -0.2) is 0 Å². The fourth-order valence-corrected chi connectivity index (χ4v) is 4.07. The third kappa shape index (κ3) is 1.72. The van der Waals surface area contributed by atoms with Gasteiger partial charge < -0.3 is 16.0 Å². The quantitative estimate of drug-likeness (QED) is 0.770. The minimum atomic E-state index is 0.614. The second kappa shape index (κ2) is 4.36. The summed E-state index contributed by atoms with van der Waals surface area (Å²) in [5, 5.41) is 5.25. The number of nitrogens with one attached hydrogen (secondary N) is 2. The van der Waals surface area contributed by atoms with Crippen LogP contribution in [-0.2, 0) is 6.42 Å². The Balaban J connectivity index is 1.76. The Bertz CT molecular complexity index is 601. The molecule has 1 aromatic heterocycles. The first-order chi connectivity index (χ1) is 9.36. The summed E-state index contributed by atoms with van der Waals surface area (Å²) in [6.07, 6.45) is 5.79. The van der Waals surface area contributed by atoms with Gasteiger partial charge in [0.25, 0.3) is 0 Å². The molecule has 4 rings (SSSR count). The van der Waals surface area contributed by atoms with Crippen LogP contribution in [0.5, 0.6) is 0 Å². The van der Waals surface area contributed by atoms with Gasteiger partial charge in [-0.2, -0.15) is 0 Å². The predicted octanol–water partition coefficient (Wildman–Crippen LogP) is 2.13. The third-order valence-electron chi connectivity index (χ3n) is 4.98. The highest BCUT2D eigenvalue weighted by Gasteiger charge is 2.35. The van der Waals surface area contributed by atoms with Gasteiger partial charge in [0.15, 0.2) is 0 Å². The molecule has 1 saturated heterocycles. The monoisotopic (exact) mass is 255 g/mol. The van der Waals surface area contributed by atoms with Crippen LogP contribution in [0.4, 0.5) is 0 Å². The van der Waals surface area contributed by atoms with Gasteiger partial charge in [0.1, 0.15) is 0 Å². The zero-order valence-electron chi connectivity index (χ0n) is 11.2. The van der Waals surface area contributed by atoms with E-state index >= 15 is 0 Å². The van der Waals surface area contributed by atoms with E-state index in [1.165, 1.54) is 22.9 Å². The van der Waals surface area contributed by atoms with Gasteiger partial charge in [0, 0.05) is 29.1 Å². The molecule has 2 aromatic rings. The topological polar surface area (TPSA) is 53.8 Å². The Morgan fingerprint density at radius 2 is 2.26 bits per heavy atom. The molecule has 1 aliphatic heterocycles. The van der Waals surface area contributed by atoms with Crippen LogP contribution in [0.3, 0.4) is 0 Å². The maximum atomic E-state index is 5.73. The van der Waals surface area contributed by atoms with Crippen molar-refractivity contribution in [3.8, 4) is 0 Å².